The summed E-state index contributed by atoms with van der Waals surface area (Å²) in [7, 11) is 2.04. The van der Waals surface area contributed by atoms with E-state index in [-0.39, 0.29) is 0 Å². The number of hydrogen-bond donors (Lipinski definition) is 2. The predicted octanol–water partition coefficient (Wildman–Crippen LogP) is 1.15. The topological polar surface area (TPSA) is 24.1 Å². The Kier molecular flexibility index (Phi) is 3.76. The third kappa shape index (κ3) is 2.32. The molecule has 1 saturated carbocycles. The van der Waals surface area contributed by atoms with Gasteiger partial charge in [-0.25, -0.2) is 0 Å². The molecular formula is C10H20N2. The van der Waals surface area contributed by atoms with Crippen LogP contribution in [0.1, 0.15) is 19.3 Å². The lowest BCUT2D eigenvalue weighted by Gasteiger charge is -2.42. The second-order valence-corrected chi connectivity index (χ2v) is 3.80. The van der Waals surface area contributed by atoms with Crippen molar-refractivity contribution in [2.45, 2.75) is 19.3 Å². The van der Waals surface area contributed by atoms with E-state index < -0.39 is 0 Å². The third-order valence-electron chi connectivity index (χ3n) is 2.75. The van der Waals surface area contributed by atoms with Gasteiger partial charge >= 0.3 is 0 Å². The lowest BCUT2D eigenvalue weighted by atomic mass is 9.68. The van der Waals surface area contributed by atoms with Crippen molar-refractivity contribution in [3.63, 3.8) is 0 Å². The normalized spacial score (nSPS) is 20.1. The molecule has 0 bridgehead atoms. The van der Waals surface area contributed by atoms with Gasteiger partial charge in [0.1, 0.15) is 0 Å². The first-order valence-corrected chi connectivity index (χ1v) is 4.79. The smallest absolute Gasteiger partial charge is 0.0132 e. The van der Waals surface area contributed by atoms with Gasteiger partial charge in [-0.2, -0.15) is 0 Å². The largest absolute Gasteiger partial charge is 0.319 e. The van der Waals surface area contributed by atoms with Crippen molar-refractivity contribution in [3.05, 3.63) is 12.7 Å². The second kappa shape index (κ2) is 4.63. The molecule has 0 amide bonds. The van der Waals surface area contributed by atoms with E-state index in [2.05, 4.69) is 17.2 Å². The standard InChI is InChI=1S/C10H20N2/c1-3-7-12-9-10(8-11-2)5-4-6-10/h3,11-12H,1,4-9H2,2H3. The van der Waals surface area contributed by atoms with Crippen LogP contribution in [0.3, 0.4) is 0 Å². The maximum Gasteiger partial charge on any atom is 0.0132 e. The van der Waals surface area contributed by atoms with Crippen molar-refractivity contribution in [2.75, 3.05) is 26.7 Å². The quantitative estimate of drug-likeness (QED) is 0.459. The number of hydrogen-bond acceptors (Lipinski definition) is 2. The Bertz CT molecular complexity index is 139. The van der Waals surface area contributed by atoms with E-state index in [1.54, 1.807) is 0 Å². The minimum absolute atomic E-state index is 0.553. The van der Waals surface area contributed by atoms with Crippen LogP contribution < -0.4 is 10.6 Å². The van der Waals surface area contributed by atoms with Gasteiger partial charge in [-0.3, -0.25) is 0 Å². The van der Waals surface area contributed by atoms with Gasteiger partial charge < -0.3 is 10.6 Å². The molecule has 0 aromatic carbocycles. The summed E-state index contributed by atoms with van der Waals surface area (Å²) in [6, 6.07) is 0. The zero-order chi connectivity index (χ0) is 8.86. The van der Waals surface area contributed by atoms with E-state index in [1.807, 2.05) is 13.1 Å². The molecule has 0 atom stereocenters. The van der Waals surface area contributed by atoms with Crippen molar-refractivity contribution in [1.82, 2.24) is 10.6 Å². The Morgan fingerprint density at radius 3 is 2.58 bits per heavy atom. The lowest BCUT2D eigenvalue weighted by molar-refractivity contribution is 0.132. The summed E-state index contributed by atoms with van der Waals surface area (Å²) in [6.45, 7) is 6.92. The average Bonchev–Trinajstić information content (AvgIpc) is 2.00. The van der Waals surface area contributed by atoms with Gasteiger partial charge in [-0.1, -0.05) is 12.5 Å². The van der Waals surface area contributed by atoms with Crippen LogP contribution in [0.4, 0.5) is 0 Å². The van der Waals surface area contributed by atoms with Gasteiger partial charge in [-0.15, -0.1) is 6.58 Å². The summed E-state index contributed by atoms with van der Waals surface area (Å²) in [4.78, 5) is 0. The average molecular weight is 168 g/mol. The molecule has 0 heterocycles. The molecule has 12 heavy (non-hydrogen) atoms. The third-order valence-corrected chi connectivity index (χ3v) is 2.75. The van der Waals surface area contributed by atoms with Gasteiger partial charge in [0.05, 0.1) is 0 Å². The van der Waals surface area contributed by atoms with Crippen molar-refractivity contribution in [3.8, 4) is 0 Å². The van der Waals surface area contributed by atoms with Crippen LogP contribution in [-0.2, 0) is 0 Å². The van der Waals surface area contributed by atoms with Crippen LogP contribution in [0.15, 0.2) is 12.7 Å². The fourth-order valence-corrected chi connectivity index (χ4v) is 1.91. The Hall–Kier alpha value is -0.340. The molecule has 70 valence electrons. The van der Waals surface area contributed by atoms with Crippen molar-refractivity contribution in [2.24, 2.45) is 5.41 Å². The van der Waals surface area contributed by atoms with E-state index in [4.69, 9.17) is 0 Å². The summed E-state index contributed by atoms with van der Waals surface area (Å²) in [5.74, 6) is 0. The van der Waals surface area contributed by atoms with Crippen LogP contribution in [0, 0.1) is 5.41 Å². The SMILES string of the molecule is C=CCNCC1(CNC)CCC1. The maximum atomic E-state index is 3.69. The highest BCUT2D eigenvalue weighted by Crippen LogP contribution is 2.39. The number of nitrogens with one attached hydrogen (secondary N) is 2. The molecule has 1 aliphatic carbocycles. The fourth-order valence-electron chi connectivity index (χ4n) is 1.91. The first-order chi connectivity index (χ1) is 5.83. The number of rotatable bonds is 6. The summed E-state index contributed by atoms with van der Waals surface area (Å²) >= 11 is 0. The molecule has 0 unspecified atom stereocenters. The molecule has 1 rings (SSSR count). The molecule has 0 aromatic heterocycles. The first-order valence-electron chi connectivity index (χ1n) is 4.79. The van der Waals surface area contributed by atoms with E-state index in [0.717, 1.165) is 19.6 Å². The molecular weight excluding hydrogens is 148 g/mol. The molecule has 2 heteroatoms. The van der Waals surface area contributed by atoms with Crippen molar-refractivity contribution < 1.29 is 0 Å². The van der Waals surface area contributed by atoms with Gasteiger partial charge in [0.25, 0.3) is 0 Å². The fraction of sp³-hybridized carbons (Fsp3) is 0.800. The van der Waals surface area contributed by atoms with Crippen LogP contribution in [-0.4, -0.2) is 26.7 Å². The molecule has 1 aliphatic rings. The van der Waals surface area contributed by atoms with Crippen molar-refractivity contribution >= 4 is 0 Å². The molecule has 2 nitrogen and oxygen atoms in total. The summed E-state index contributed by atoms with van der Waals surface area (Å²) in [6.07, 6.45) is 6.07. The van der Waals surface area contributed by atoms with Crippen molar-refractivity contribution in [1.29, 1.82) is 0 Å². The molecule has 0 aromatic rings. The zero-order valence-electron chi connectivity index (χ0n) is 8.03. The maximum absolute atomic E-state index is 3.69. The van der Waals surface area contributed by atoms with Gasteiger partial charge in [0.15, 0.2) is 0 Å². The molecule has 2 N–H and O–H groups in total. The van der Waals surface area contributed by atoms with Gasteiger partial charge in [-0.05, 0) is 25.3 Å². The van der Waals surface area contributed by atoms with Crippen LogP contribution in [0.25, 0.3) is 0 Å². The van der Waals surface area contributed by atoms with Crippen LogP contribution in [0.5, 0.6) is 0 Å². The summed E-state index contributed by atoms with van der Waals surface area (Å²) in [5, 5.41) is 6.68. The lowest BCUT2D eigenvalue weighted by Crippen LogP contribution is -2.46. The highest BCUT2D eigenvalue weighted by molar-refractivity contribution is 4.91. The minimum Gasteiger partial charge on any atom is -0.319 e. The molecule has 0 saturated heterocycles. The molecule has 1 fully saturated rings. The minimum atomic E-state index is 0.553. The Labute approximate surface area is 75.4 Å². The summed E-state index contributed by atoms with van der Waals surface area (Å²) in [5.41, 5.74) is 0.553. The highest BCUT2D eigenvalue weighted by atomic mass is 14.9. The van der Waals surface area contributed by atoms with E-state index in [9.17, 15) is 0 Å². The van der Waals surface area contributed by atoms with Gasteiger partial charge in [0.2, 0.25) is 0 Å². The first kappa shape index (κ1) is 9.75. The monoisotopic (exact) mass is 168 g/mol. The summed E-state index contributed by atoms with van der Waals surface area (Å²) < 4.78 is 0. The van der Waals surface area contributed by atoms with E-state index >= 15 is 0 Å². The highest BCUT2D eigenvalue weighted by Gasteiger charge is 2.35. The van der Waals surface area contributed by atoms with Gasteiger partial charge in [0, 0.05) is 19.6 Å². The Morgan fingerprint density at radius 2 is 2.17 bits per heavy atom. The Balaban J connectivity index is 2.19. The Morgan fingerprint density at radius 1 is 1.42 bits per heavy atom. The van der Waals surface area contributed by atoms with E-state index in [0.29, 0.717) is 5.41 Å². The predicted molar refractivity (Wildman–Crippen MR) is 53.3 cm³/mol. The molecule has 0 radical (unpaired) electrons. The second-order valence-electron chi connectivity index (χ2n) is 3.80. The molecule has 0 aliphatic heterocycles. The van der Waals surface area contributed by atoms with E-state index in [1.165, 1.54) is 19.3 Å². The van der Waals surface area contributed by atoms with Crippen LogP contribution in [0.2, 0.25) is 0 Å². The molecule has 0 spiro atoms. The van der Waals surface area contributed by atoms with Crippen LogP contribution >= 0.6 is 0 Å². The zero-order valence-corrected chi connectivity index (χ0v) is 8.03.